The molecule has 0 bridgehead atoms. The summed E-state index contributed by atoms with van der Waals surface area (Å²) in [5.74, 6) is 0.300. The molecule has 58 heavy (non-hydrogen) atoms. The summed E-state index contributed by atoms with van der Waals surface area (Å²) in [6.07, 6.45) is 18.3. The lowest BCUT2D eigenvalue weighted by molar-refractivity contribution is 0.631. The molecule has 0 saturated heterocycles. The van der Waals surface area contributed by atoms with Crippen molar-refractivity contribution in [2.45, 2.75) is 44.6 Å². The van der Waals surface area contributed by atoms with Gasteiger partial charge in [-0.25, -0.2) is 0 Å². The van der Waals surface area contributed by atoms with Crippen molar-refractivity contribution in [2.24, 2.45) is 5.92 Å². The molecule has 12 rings (SSSR count). The Morgan fingerprint density at radius 2 is 0.897 bits per heavy atom. The van der Waals surface area contributed by atoms with Crippen LogP contribution in [0.2, 0.25) is 0 Å². The first-order valence-corrected chi connectivity index (χ1v) is 20.8. The zero-order valence-corrected chi connectivity index (χ0v) is 33.4. The van der Waals surface area contributed by atoms with Crippen LogP contribution in [-0.2, 0) is 10.8 Å². The fraction of sp³-hybridized carbons (Fsp3) is 0.143. The molecule has 2 aliphatic heterocycles. The molecule has 2 nitrogen and oxygen atoms in total. The largest absolute Gasteiger partial charge is 0.333 e. The van der Waals surface area contributed by atoms with Crippen molar-refractivity contribution in [2.75, 3.05) is 9.80 Å². The summed E-state index contributed by atoms with van der Waals surface area (Å²) < 4.78 is 0. The summed E-state index contributed by atoms with van der Waals surface area (Å²) in [6, 6.07) is 50.8. The maximum absolute atomic E-state index is 2.57. The fourth-order valence-corrected chi connectivity index (χ4v) is 11.0. The van der Waals surface area contributed by atoms with E-state index in [4.69, 9.17) is 0 Å². The number of anilines is 5. The van der Waals surface area contributed by atoms with Crippen LogP contribution >= 0.6 is 0 Å². The molecule has 3 aliphatic carbocycles. The number of para-hydroxylation sites is 3. The van der Waals surface area contributed by atoms with Crippen molar-refractivity contribution >= 4 is 57.4 Å². The molecule has 2 unspecified atom stereocenters. The van der Waals surface area contributed by atoms with Crippen LogP contribution in [0.4, 0.5) is 28.4 Å². The van der Waals surface area contributed by atoms with E-state index in [1.54, 1.807) is 0 Å². The number of fused-ring (bicyclic) bond motifs is 8. The zero-order valence-electron chi connectivity index (χ0n) is 33.4. The minimum atomic E-state index is -0.223. The number of nitrogens with zero attached hydrogens (tertiary/aromatic N) is 2. The van der Waals surface area contributed by atoms with E-state index < -0.39 is 0 Å². The van der Waals surface area contributed by atoms with E-state index in [2.05, 4.69) is 220 Å². The van der Waals surface area contributed by atoms with E-state index in [9.17, 15) is 0 Å². The van der Waals surface area contributed by atoms with Gasteiger partial charge in [-0.15, -0.1) is 0 Å². The Morgan fingerprint density at radius 1 is 0.414 bits per heavy atom. The van der Waals surface area contributed by atoms with Gasteiger partial charge in [-0.05, 0) is 114 Å². The smallest absolute Gasteiger partial charge is 0.0623 e. The van der Waals surface area contributed by atoms with Gasteiger partial charge in [-0.2, -0.15) is 0 Å². The maximum atomic E-state index is 2.57. The first-order chi connectivity index (χ1) is 28.3. The monoisotopic (exact) mass is 744 g/mol. The predicted molar refractivity (Wildman–Crippen MR) is 246 cm³/mol. The first kappa shape index (κ1) is 33.5. The summed E-state index contributed by atoms with van der Waals surface area (Å²) in [7, 11) is 0. The Bertz CT molecular complexity index is 2990. The number of hydrogen-bond donors (Lipinski definition) is 0. The van der Waals surface area contributed by atoms with Crippen LogP contribution in [0.1, 0.15) is 66.6 Å². The number of hydrogen-bond acceptors (Lipinski definition) is 2. The summed E-state index contributed by atoms with van der Waals surface area (Å²) in [5.41, 5.74) is 20.2. The van der Waals surface area contributed by atoms with Crippen molar-refractivity contribution in [3.8, 4) is 22.3 Å². The highest BCUT2D eigenvalue weighted by atomic mass is 15.2. The average Bonchev–Trinajstić information content (AvgIpc) is 3.53. The second-order valence-corrected chi connectivity index (χ2v) is 17.7. The van der Waals surface area contributed by atoms with Gasteiger partial charge in [0.05, 0.1) is 17.4 Å². The summed E-state index contributed by atoms with van der Waals surface area (Å²) in [5, 5.41) is 2.82. The Hall–Kier alpha value is -6.64. The number of allylic oxidation sites excluding steroid dienone is 2. The molecular weight excluding hydrogens is 701 g/mol. The molecular formula is C56H44N2. The van der Waals surface area contributed by atoms with Gasteiger partial charge in [-0.1, -0.05) is 167 Å². The lowest BCUT2D eigenvalue weighted by Gasteiger charge is -2.42. The van der Waals surface area contributed by atoms with E-state index in [1.165, 1.54) is 100 Å². The van der Waals surface area contributed by atoms with Crippen LogP contribution in [0.25, 0.3) is 51.3 Å². The average molecular weight is 745 g/mol. The Balaban J connectivity index is 1.02. The highest BCUT2D eigenvalue weighted by molar-refractivity contribution is 6.13. The lowest BCUT2D eigenvalue weighted by Crippen LogP contribution is -2.35. The quantitative estimate of drug-likeness (QED) is 0.174. The summed E-state index contributed by atoms with van der Waals surface area (Å²) in [6.45, 7) is 9.73. The van der Waals surface area contributed by atoms with Crippen molar-refractivity contribution in [1.82, 2.24) is 0 Å². The zero-order chi connectivity index (χ0) is 38.9. The van der Waals surface area contributed by atoms with E-state index in [-0.39, 0.29) is 16.9 Å². The van der Waals surface area contributed by atoms with Crippen molar-refractivity contribution in [3.05, 3.63) is 203 Å². The molecule has 0 fully saturated rings. The molecule has 0 amide bonds. The molecule has 0 aromatic heterocycles. The highest BCUT2D eigenvalue weighted by Crippen LogP contribution is 2.57. The van der Waals surface area contributed by atoms with Gasteiger partial charge in [0.25, 0.3) is 0 Å². The van der Waals surface area contributed by atoms with Gasteiger partial charge in [0.2, 0.25) is 0 Å². The Labute approximate surface area is 341 Å². The van der Waals surface area contributed by atoms with Crippen molar-refractivity contribution in [1.29, 1.82) is 0 Å². The second-order valence-electron chi connectivity index (χ2n) is 17.7. The van der Waals surface area contributed by atoms with Crippen molar-refractivity contribution in [3.63, 3.8) is 0 Å². The highest BCUT2D eigenvalue weighted by Gasteiger charge is 2.41. The fourth-order valence-electron chi connectivity index (χ4n) is 11.0. The third kappa shape index (κ3) is 4.55. The van der Waals surface area contributed by atoms with Gasteiger partial charge in [0.15, 0.2) is 0 Å². The van der Waals surface area contributed by atoms with Crippen LogP contribution in [0.3, 0.4) is 0 Å². The van der Waals surface area contributed by atoms with Gasteiger partial charge in [0, 0.05) is 33.8 Å². The minimum Gasteiger partial charge on any atom is -0.333 e. The van der Waals surface area contributed by atoms with Gasteiger partial charge < -0.3 is 9.80 Å². The lowest BCUT2D eigenvalue weighted by atomic mass is 9.63. The Morgan fingerprint density at radius 3 is 1.50 bits per heavy atom. The molecule has 7 aromatic rings. The molecule has 5 aliphatic rings. The molecule has 0 radical (unpaired) electrons. The van der Waals surface area contributed by atoms with Crippen LogP contribution in [-0.4, -0.2) is 6.04 Å². The topological polar surface area (TPSA) is 6.48 Å². The van der Waals surface area contributed by atoms with Crippen LogP contribution in [0.5, 0.6) is 0 Å². The minimum absolute atomic E-state index is 0.205. The molecule has 7 aromatic carbocycles. The number of benzene rings is 7. The molecule has 0 saturated carbocycles. The first-order valence-electron chi connectivity index (χ1n) is 20.8. The maximum Gasteiger partial charge on any atom is 0.0623 e. The van der Waals surface area contributed by atoms with E-state index >= 15 is 0 Å². The summed E-state index contributed by atoms with van der Waals surface area (Å²) in [4.78, 5) is 5.02. The molecule has 2 heterocycles. The molecule has 0 N–H and O–H groups in total. The predicted octanol–water partition coefficient (Wildman–Crippen LogP) is 14.7. The van der Waals surface area contributed by atoms with E-state index in [0.717, 1.165) is 0 Å². The van der Waals surface area contributed by atoms with Crippen LogP contribution < -0.4 is 9.80 Å². The van der Waals surface area contributed by atoms with E-state index in [0.29, 0.717) is 5.92 Å². The third-order valence-electron chi connectivity index (χ3n) is 13.9. The van der Waals surface area contributed by atoms with E-state index in [1.807, 2.05) is 0 Å². The van der Waals surface area contributed by atoms with Crippen molar-refractivity contribution < 1.29 is 0 Å². The summed E-state index contributed by atoms with van der Waals surface area (Å²) >= 11 is 0. The Kier molecular flexibility index (Phi) is 6.90. The van der Waals surface area contributed by atoms with Gasteiger partial charge in [0.1, 0.15) is 0 Å². The van der Waals surface area contributed by atoms with Crippen LogP contribution in [0.15, 0.2) is 164 Å². The second kappa shape index (κ2) is 11.9. The molecule has 0 spiro atoms. The van der Waals surface area contributed by atoms with Gasteiger partial charge >= 0.3 is 0 Å². The third-order valence-corrected chi connectivity index (χ3v) is 13.9. The standard InChI is InChI=1S/C56H44N2/c1-55(2)45-31-32-46-54-44(42-28-26-40(34-48(42)56(46,3)4)58-51-19-11-7-15-37(51)23-24-38-16-8-12-20-52(38)58)30-29-43(53(45)54)41-27-25-39(33-47(41)55)57-49-17-9-5-13-35(49)21-22-36-14-6-10-18-50(36)57/h5-35,49H,1-4H3. The number of rotatable bonds is 2. The normalized spacial score (nSPS) is 19.3. The van der Waals surface area contributed by atoms with Gasteiger partial charge in [-0.3, -0.25) is 0 Å². The molecule has 2 heteroatoms. The molecule has 278 valence electrons. The van der Waals surface area contributed by atoms with Crippen LogP contribution in [0, 0.1) is 5.92 Å². The SMILES string of the molecule is CC1(C)c2cc(N3c4ccccc4C=Cc4ccccc43)ccc2-c2ccc3c4c(ccc1c24)C(C)(C)c1cc(N2c4ccccc4C=CC4C=CC=CC42)ccc1-3. The molecule has 2 atom stereocenters.